The lowest BCUT2D eigenvalue weighted by Crippen LogP contribution is -2.25. The first-order chi connectivity index (χ1) is 16.2. The molecule has 1 aliphatic heterocycles. The third-order valence-electron chi connectivity index (χ3n) is 5.61. The maximum Gasteiger partial charge on any atom is 0.231 e. The maximum atomic E-state index is 5.59. The minimum absolute atomic E-state index is 0.292. The summed E-state index contributed by atoms with van der Waals surface area (Å²) in [7, 11) is 3.35. The summed E-state index contributed by atoms with van der Waals surface area (Å²) in [6.45, 7) is 5.42. The van der Waals surface area contributed by atoms with Crippen LogP contribution in [0.1, 0.15) is 23.6 Å². The van der Waals surface area contributed by atoms with E-state index in [0.29, 0.717) is 13.4 Å². The largest absolute Gasteiger partial charge is 0.497 e. The van der Waals surface area contributed by atoms with Gasteiger partial charge in [-0.2, -0.15) is 0 Å². The summed E-state index contributed by atoms with van der Waals surface area (Å²) in [5.74, 6) is 4.12. The molecule has 0 radical (unpaired) electrons. The molecule has 1 aliphatic rings. The fourth-order valence-electron chi connectivity index (χ4n) is 3.93. The van der Waals surface area contributed by atoms with Crippen molar-refractivity contribution in [3.05, 3.63) is 77.4 Å². The average molecular weight is 450 g/mol. The molecule has 4 rings (SSSR count). The predicted octanol–water partition coefficient (Wildman–Crippen LogP) is 5.08. The van der Waals surface area contributed by atoms with Gasteiger partial charge in [0.25, 0.3) is 0 Å². The minimum Gasteiger partial charge on any atom is -0.497 e. The Morgan fingerprint density at radius 3 is 2.09 bits per heavy atom. The van der Waals surface area contributed by atoms with Crippen molar-refractivity contribution < 1.29 is 23.7 Å². The summed E-state index contributed by atoms with van der Waals surface area (Å²) >= 11 is 0. The van der Waals surface area contributed by atoms with E-state index in [-0.39, 0.29) is 0 Å². The molecule has 0 N–H and O–H groups in total. The van der Waals surface area contributed by atoms with Crippen LogP contribution >= 0.6 is 0 Å². The number of hydrogen-bond acceptors (Lipinski definition) is 6. The van der Waals surface area contributed by atoms with Crippen LogP contribution in [0.4, 0.5) is 0 Å². The van der Waals surface area contributed by atoms with E-state index in [1.807, 2.05) is 31.2 Å². The molecule has 1 heterocycles. The predicted molar refractivity (Wildman–Crippen MR) is 128 cm³/mol. The fraction of sp³-hybridized carbons (Fsp3) is 0.333. The second-order valence-corrected chi connectivity index (χ2v) is 7.95. The number of rotatable bonds is 11. The van der Waals surface area contributed by atoms with E-state index in [2.05, 4.69) is 41.3 Å². The Morgan fingerprint density at radius 2 is 1.39 bits per heavy atom. The van der Waals surface area contributed by atoms with Crippen LogP contribution in [-0.4, -0.2) is 39.1 Å². The zero-order valence-corrected chi connectivity index (χ0v) is 19.5. The van der Waals surface area contributed by atoms with Crippen LogP contribution in [-0.2, 0) is 19.5 Å². The van der Waals surface area contributed by atoms with Crippen LogP contribution in [0, 0.1) is 0 Å². The molecule has 0 atom stereocenters. The maximum absolute atomic E-state index is 5.59. The van der Waals surface area contributed by atoms with Crippen LogP contribution < -0.4 is 23.7 Å². The molecule has 6 nitrogen and oxygen atoms in total. The monoisotopic (exact) mass is 449 g/mol. The van der Waals surface area contributed by atoms with Gasteiger partial charge >= 0.3 is 0 Å². The van der Waals surface area contributed by atoms with Gasteiger partial charge in [-0.05, 0) is 66.4 Å². The van der Waals surface area contributed by atoms with Crippen molar-refractivity contribution in [3.63, 3.8) is 0 Å². The molecule has 0 aromatic heterocycles. The number of hydrogen-bond donors (Lipinski definition) is 0. The SMILES string of the molecule is CCOc1ccc(CN(CCc2ccc3c(c2)OCO3)Cc2cc(OC)cc(OC)c2)cc1. The van der Waals surface area contributed by atoms with Gasteiger partial charge in [-0.3, -0.25) is 4.90 Å². The molecule has 0 amide bonds. The van der Waals surface area contributed by atoms with Gasteiger partial charge in [0, 0.05) is 25.7 Å². The molecule has 0 aliphatic carbocycles. The average Bonchev–Trinajstić information content (AvgIpc) is 3.31. The van der Waals surface area contributed by atoms with Gasteiger partial charge < -0.3 is 23.7 Å². The molecule has 174 valence electrons. The molecule has 3 aromatic rings. The van der Waals surface area contributed by atoms with E-state index in [1.54, 1.807) is 14.2 Å². The molecule has 6 heteroatoms. The van der Waals surface area contributed by atoms with Crippen LogP contribution in [0.15, 0.2) is 60.7 Å². The minimum atomic E-state index is 0.292. The molecular formula is C27H31NO5. The lowest BCUT2D eigenvalue weighted by molar-refractivity contribution is 0.174. The number of methoxy groups -OCH3 is 2. The first-order valence-corrected chi connectivity index (χ1v) is 11.2. The van der Waals surface area contributed by atoms with Crippen molar-refractivity contribution in [1.29, 1.82) is 0 Å². The summed E-state index contributed by atoms with van der Waals surface area (Å²) in [6, 6.07) is 20.5. The van der Waals surface area contributed by atoms with Crippen molar-refractivity contribution in [1.82, 2.24) is 4.90 Å². The highest BCUT2D eigenvalue weighted by molar-refractivity contribution is 5.44. The molecule has 33 heavy (non-hydrogen) atoms. The highest BCUT2D eigenvalue weighted by Crippen LogP contribution is 2.32. The third-order valence-corrected chi connectivity index (χ3v) is 5.61. The van der Waals surface area contributed by atoms with Gasteiger partial charge in [-0.15, -0.1) is 0 Å². The highest BCUT2D eigenvalue weighted by atomic mass is 16.7. The highest BCUT2D eigenvalue weighted by Gasteiger charge is 2.15. The van der Waals surface area contributed by atoms with Crippen molar-refractivity contribution in [2.24, 2.45) is 0 Å². The molecule has 3 aromatic carbocycles. The Kier molecular flexibility index (Phi) is 7.58. The summed E-state index contributed by atoms with van der Waals surface area (Å²) in [5, 5.41) is 0. The quantitative estimate of drug-likeness (QED) is 0.407. The van der Waals surface area contributed by atoms with Crippen molar-refractivity contribution >= 4 is 0 Å². The standard InChI is InChI=1S/C27H31NO5/c1-4-31-23-8-5-21(6-9-23)17-28(18-22-13-24(29-2)16-25(14-22)30-3)12-11-20-7-10-26-27(15-20)33-19-32-26/h5-10,13-16H,4,11-12,17-19H2,1-3H3. The number of ether oxygens (including phenoxy) is 5. The fourth-order valence-corrected chi connectivity index (χ4v) is 3.93. The van der Waals surface area contributed by atoms with Crippen molar-refractivity contribution in [2.45, 2.75) is 26.4 Å². The van der Waals surface area contributed by atoms with Gasteiger partial charge in [0.05, 0.1) is 20.8 Å². The zero-order valence-electron chi connectivity index (χ0n) is 19.5. The Bertz CT molecular complexity index is 1030. The summed E-state index contributed by atoms with van der Waals surface area (Å²) in [5.41, 5.74) is 3.60. The third kappa shape index (κ3) is 6.11. The molecular weight excluding hydrogens is 418 g/mol. The zero-order chi connectivity index (χ0) is 23.0. The smallest absolute Gasteiger partial charge is 0.231 e. The second-order valence-electron chi connectivity index (χ2n) is 7.95. The van der Waals surface area contributed by atoms with Gasteiger partial charge in [0.2, 0.25) is 6.79 Å². The second kappa shape index (κ2) is 11.0. The van der Waals surface area contributed by atoms with Gasteiger partial charge in [0.1, 0.15) is 17.2 Å². The van der Waals surface area contributed by atoms with E-state index in [1.165, 1.54) is 11.1 Å². The van der Waals surface area contributed by atoms with E-state index in [9.17, 15) is 0 Å². The summed E-state index contributed by atoms with van der Waals surface area (Å²) < 4.78 is 27.5. The molecule has 0 spiro atoms. The van der Waals surface area contributed by atoms with Crippen LogP contribution in [0.3, 0.4) is 0 Å². The topological polar surface area (TPSA) is 49.4 Å². The number of fused-ring (bicyclic) bond motifs is 1. The van der Waals surface area contributed by atoms with E-state index in [4.69, 9.17) is 23.7 Å². The number of benzene rings is 3. The lowest BCUT2D eigenvalue weighted by atomic mass is 10.1. The first kappa shape index (κ1) is 22.8. The first-order valence-electron chi connectivity index (χ1n) is 11.2. The molecule has 0 unspecified atom stereocenters. The molecule has 0 saturated carbocycles. The van der Waals surface area contributed by atoms with E-state index >= 15 is 0 Å². The van der Waals surface area contributed by atoms with Gasteiger partial charge in [0.15, 0.2) is 11.5 Å². The van der Waals surface area contributed by atoms with Crippen molar-refractivity contribution in [3.8, 4) is 28.7 Å². The Morgan fingerprint density at radius 1 is 0.727 bits per heavy atom. The normalized spacial score (nSPS) is 12.1. The van der Waals surface area contributed by atoms with Crippen LogP contribution in [0.25, 0.3) is 0 Å². The Hall–Kier alpha value is -3.38. The molecule has 0 saturated heterocycles. The summed E-state index contributed by atoms with van der Waals surface area (Å²) in [6.07, 6.45) is 0.898. The van der Waals surface area contributed by atoms with Crippen molar-refractivity contribution in [2.75, 3.05) is 34.2 Å². The molecule has 0 bridgehead atoms. The van der Waals surface area contributed by atoms with Gasteiger partial charge in [-0.1, -0.05) is 18.2 Å². The Labute approximate surface area is 195 Å². The van der Waals surface area contributed by atoms with E-state index < -0.39 is 0 Å². The van der Waals surface area contributed by atoms with Crippen LogP contribution in [0.2, 0.25) is 0 Å². The van der Waals surface area contributed by atoms with Gasteiger partial charge in [-0.25, -0.2) is 0 Å². The van der Waals surface area contributed by atoms with E-state index in [0.717, 1.165) is 60.4 Å². The van der Waals surface area contributed by atoms with Crippen LogP contribution in [0.5, 0.6) is 28.7 Å². The Balaban J connectivity index is 1.50. The summed E-state index contributed by atoms with van der Waals surface area (Å²) in [4.78, 5) is 2.43. The lowest BCUT2D eigenvalue weighted by Gasteiger charge is -2.23. The molecule has 0 fully saturated rings. The number of nitrogens with zero attached hydrogens (tertiary/aromatic N) is 1.